The van der Waals surface area contributed by atoms with Gasteiger partial charge < -0.3 is 19.5 Å². The van der Waals surface area contributed by atoms with Gasteiger partial charge in [0.1, 0.15) is 16.5 Å². The monoisotopic (exact) mass is 426 g/mol. The number of esters is 1. The number of methoxy groups -OCH3 is 1. The summed E-state index contributed by atoms with van der Waals surface area (Å²) in [5, 5.41) is 5.22. The third kappa shape index (κ3) is 5.81. The van der Waals surface area contributed by atoms with Crippen LogP contribution in [0, 0.1) is 0 Å². The number of carbonyl (C=O) groups is 2. The number of rotatable bonds is 9. The molecule has 0 fully saturated rings. The quantitative estimate of drug-likeness (QED) is 0.522. The molecule has 156 valence electrons. The molecule has 0 saturated carbocycles. The third-order valence-electron chi connectivity index (χ3n) is 4.01. The maximum Gasteiger partial charge on any atom is 0.312 e. The number of ether oxygens (including phenoxy) is 3. The van der Waals surface area contributed by atoms with E-state index in [2.05, 4.69) is 10.3 Å². The Morgan fingerprint density at radius 1 is 1.13 bits per heavy atom. The molecular formula is C22H22N2O5S. The number of amides is 1. The van der Waals surface area contributed by atoms with Crippen molar-refractivity contribution in [2.75, 3.05) is 25.6 Å². The summed E-state index contributed by atoms with van der Waals surface area (Å²) in [7, 11) is 1.54. The fraction of sp³-hybridized carbons (Fsp3) is 0.227. The Morgan fingerprint density at radius 2 is 1.97 bits per heavy atom. The molecule has 1 N–H and O–H groups in total. The van der Waals surface area contributed by atoms with Crippen molar-refractivity contribution in [2.45, 2.75) is 13.3 Å². The SMILES string of the molecule is CCOc1ccccc1-c1nc(CC(=O)OCC(=O)Nc2cccc(OC)c2)cs1. The van der Waals surface area contributed by atoms with Crippen LogP contribution in [0.5, 0.6) is 11.5 Å². The summed E-state index contributed by atoms with van der Waals surface area (Å²) in [6, 6.07) is 14.5. The van der Waals surface area contributed by atoms with E-state index in [1.807, 2.05) is 31.2 Å². The fourth-order valence-corrected chi connectivity index (χ4v) is 3.53. The van der Waals surface area contributed by atoms with E-state index in [9.17, 15) is 9.59 Å². The van der Waals surface area contributed by atoms with Gasteiger partial charge in [-0.25, -0.2) is 4.98 Å². The van der Waals surface area contributed by atoms with Crippen LogP contribution in [0.2, 0.25) is 0 Å². The normalized spacial score (nSPS) is 10.3. The number of anilines is 1. The Kier molecular flexibility index (Phi) is 7.40. The molecule has 0 unspecified atom stereocenters. The van der Waals surface area contributed by atoms with Crippen LogP contribution in [0.4, 0.5) is 5.69 Å². The number of nitrogens with zero attached hydrogens (tertiary/aromatic N) is 1. The highest BCUT2D eigenvalue weighted by molar-refractivity contribution is 7.13. The van der Waals surface area contributed by atoms with E-state index >= 15 is 0 Å². The van der Waals surface area contributed by atoms with Gasteiger partial charge in [0.2, 0.25) is 0 Å². The second-order valence-corrected chi connectivity index (χ2v) is 7.05. The van der Waals surface area contributed by atoms with Gasteiger partial charge in [0.15, 0.2) is 6.61 Å². The van der Waals surface area contributed by atoms with Crippen molar-refractivity contribution in [3.05, 3.63) is 59.6 Å². The number of benzene rings is 2. The molecule has 2 aromatic carbocycles. The number of thiazole rings is 1. The summed E-state index contributed by atoms with van der Waals surface area (Å²) < 4.78 is 15.8. The first-order valence-corrected chi connectivity index (χ1v) is 10.2. The first kappa shape index (κ1) is 21.3. The predicted octanol–water partition coefficient (Wildman–Crippen LogP) is 3.94. The lowest BCUT2D eigenvalue weighted by molar-refractivity contribution is -0.146. The Morgan fingerprint density at radius 3 is 2.77 bits per heavy atom. The van der Waals surface area contributed by atoms with Crippen LogP contribution in [0.1, 0.15) is 12.6 Å². The van der Waals surface area contributed by atoms with Crippen LogP contribution >= 0.6 is 11.3 Å². The lowest BCUT2D eigenvalue weighted by Gasteiger charge is -2.08. The van der Waals surface area contributed by atoms with Gasteiger partial charge in [-0.05, 0) is 31.2 Å². The molecule has 8 heteroatoms. The zero-order valence-electron chi connectivity index (χ0n) is 16.7. The van der Waals surface area contributed by atoms with Crippen molar-refractivity contribution < 1.29 is 23.8 Å². The first-order chi connectivity index (χ1) is 14.6. The Bertz CT molecular complexity index is 1020. The number of nitrogens with one attached hydrogen (secondary N) is 1. The van der Waals surface area contributed by atoms with Crippen LogP contribution in [-0.2, 0) is 20.7 Å². The molecule has 30 heavy (non-hydrogen) atoms. The molecule has 1 aromatic heterocycles. The number of carbonyl (C=O) groups excluding carboxylic acids is 2. The summed E-state index contributed by atoms with van der Waals surface area (Å²) in [5.41, 5.74) is 2.02. The van der Waals surface area contributed by atoms with E-state index < -0.39 is 11.9 Å². The zero-order valence-corrected chi connectivity index (χ0v) is 17.5. The molecular weight excluding hydrogens is 404 g/mol. The molecule has 0 atom stereocenters. The van der Waals surface area contributed by atoms with Crippen molar-refractivity contribution >= 4 is 28.9 Å². The molecule has 1 heterocycles. The predicted molar refractivity (Wildman–Crippen MR) is 115 cm³/mol. The smallest absolute Gasteiger partial charge is 0.312 e. The summed E-state index contributed by atoms with van der Waals surface area (Å²) in [6.45, 7) is 2.10. The van der Waals surface area contributed by atoms with E-state index in [0.717, 1.165) is 16.3 Å². The van der Waals surface area contributed by atoms with Crippen molar-refractivity contribution in [3.63, 3.8) is 0 Å². The third-order valence-corrected chi connectivity index (χ3v) is 4.94. The van der Waals surface area contributed by atoms with Crippen LogP contribution in [0.25, 0.3) is 10.6 Å². The fourth-order valence-electron chi connectivity index (χ4n) is 2.68. The molecule has 3 rings (SSSR count). The number of para-hydroxylation sites is 1. The zero-order chi connectivity index (χ0) is 21.3. The molecule has 0 saturated heterocycles. The molecule has 0 aliphatic rings. The van der Waals surface area contributed by atoms with Crippen LogP contribution in [0.15, 0.2) is 53.9 Å². The van der Waals surface area contributed by atoms with Gasteiger partial charge in [-0.15, -0.1) is 11.3 Å². The van der Waals surface area contributed by atoms with E-state index in [-0.39, 0.29) is 13.0 Å². The van der Waals surface area contributed by atoms with Crippen LogP contribution in [0.3, 0.4) is 0 Å². The second-order valence-electron chi connectivity index (χ2n) is 6.19. The highest BCUT2D eigenvalue weighted by atomic mass is 32.1. The van der Waals surface area contributed by atoms with Crippen LogP contribution in [-0.4, -0.2) is 37.2 Å². The lowest BCUT2D eigenvalue weighted by Crippen LogP contribution is -2.21. The molecule has 1 amide bonds. The minimum Gasteiger partial charge on any atom is -0.497 e. The van der Waals surface area contributed by atoms with Gasteiger partial charge in [-0.2, -0.15) is 0 Å². The molecule has 3 aromatic rings. The minimum atomic E-state index is -0.522. The van der Waals surface area contributed by atoms with Gasteiger partial charge in [0.05, 0.1) is 31.4 Å². The Hall–Kier alpha value is -3.39. The Labute approximate surface area is 178 Å². The highest BCUT2D eigenvalue weighted by Gasteiger charge is 2.14. The average Bonchev–Trinajstić information content (AvgIpc) is 3.21. The van der Waals surface area contributed by atoms with E-state index in [1.54, 1.807) is 36.8 Å². The number of aromatic nitrogens is 1. The maximum absolute atomic E-state index is 12.1. The molecule has 0 aliphatic heterocycles. The highest BCUT2D eigenvalue weighted by Crippen LogP contribution is 2.32. The van der Waals surface area contributed by atoms with E-state index in [0.29, 0.717) is 23.7 Å². The van der Waals surface area contributed by atoms with Gasteiger partial charge in [-0.3, -0.25) is 9.59 Å². The van der Waals surface area contributed by atoms with Gasteiger partial charge in [-0.1, -0.05) is 18.2 Å². The van der Waals surface area contributed by atoms with E-state index in [4.69, 9.17) is 14.2 Å². The van der Waals surface area contributed by atoms with Crippen molar-refractivity contribution in [2.24, 2.45) is 0 Å². The molecule has 0 aliphatic carbocycles. The van der Waals surface area contributed by atoms with E-state index in [1.165, 1.54) is 11.3 Å². The standard InChI is InChI=1S/C22H22N2O5S/c1-3-28-19-10-5-4-9-18(19)22-24-16(14-30-22)12-21(26)29-13-20(25)23-15-7-6-8-17(11-15)27-2/h4-11,14H,3,12-13H2,1-2H3,(H,23,25). The van der Waals surface area contributed by atoms with Crippen molar-refractivity contribution in [1.82, 2.24) is 4.98 Å². The summed E-state index contributed by atoms with van der Waals surface area (Å²) in [6.07, 6.45) is -0.0141. The minimum absolute atomic E-state index is 0.0141. The number of hydrogen-bond acceptors (Lipinski definition) is 7. The molecule has 0 bridgehead atoms. The lowest BCUT2D eigenvalue weighted by atomic mass is 10.2. The van der Waals surface area contributed by atoms with Crippen molar-refractivity contribution in [3.8, 4) is 22.1 Å². The molecule has 0 radical (unpaired) electrons. The second kappa shape index (κ2) is 10.4. The van der Waals surface area contributed by atoms with Gasteiger partial charge >= 0.3 is 5.97 Å². The number of hydrogen-bond donors (Lipinski definition) is 1. The maximum atomic E-state index is 12.1. The summed E-state index contributed by atoms with van der Waals surface area (Å²) >= 11 is 1.42. The van der Waals surface area contributed by atoms with Gasteiger partial charge in [0, 0.05) is 17.1 Å². The average molecular weight is 426 g/mol. The Balaban J connectivity index is 1.53. The molecule has 0 spiro atoms. The van der Waals surface area contributed by atoms with Crippen LogP contribution < -0.4 is 14.8 Å². The van der Waals surface area contributed by atoms with Crippen molar-refractivity contribution in [1.29, 1.82) is 0 Å². The largest absolute Gasteiger partial charge is 0.497 e. The first-order valence-electron chi connectivity index (χ1n) is 9.35. The summed E-state index contributed by atoms with van der Waals surface area (Å²) in [4.78, 5) is 28.6. The molecule has 7 nitrogen and oxygen atoms in total. The van der Waals surface area contributed by atoms with Gasteiger partial charge in [0.25, 0.3) is 5.91 Å². The summed E-state index contributed by atoms with van der Waals surface area (Å²) in [5.74, 6) is 0.416. The topological polar surface area (TPSA) is 86.8 Å².